The molecule has 2 aromatic rings. The summed E-state index contributed by atoms with van der Waals surface area (Å²) in [5, 5.41) is 3.55. The summed E-state index contributed by atoms with van der Waals surface area (Å²) in [5.41, 5.74) is 1.29. The van der Waals surface area contributed by atoms with Crippen molar-refractivity contribution < 1.29 is 14.4 Å². The Bertz CT molecular complexity index is 502. The van der Waals surface area contributed by atoms with E-state index in [9.17, 15) is 4.57 Å². The van der Waals surface area contributed by atoms with Gasteiger partial charge in [-0.25, -0.2) is 4.57 Å². The second-order valence-corrected chi connectivity index (χ2v) is 4.94. The van der Waals surface area contributed by atoms with E-state index in [1.165, 1.54) is 5.01 Å². The third-order valence-corrected chi connectivity index (χ3v) is 2.72. The van der Waals surface area contributed by atoms with E-state index in [1.54, 1.807) is 48.5 Å². The normalized spacial score (nSPS) is 11.2. The standard InChI is InChI=1S/C12H13N2O3P/c15-18(16,17)13-14(11-7-3-1-4-8-11)12-9-5-2-6-10-12/h1-10H,(H3,13,15,16,17). The first kappa shape index (κ1) is 12.8. The number of hydrazine groups is 1. The largest absolute Gasteiger partial charge is 0.418 e. The van der Waals surface area contributed by atoms with Gasteiger partial charge in [0.05, 0.1) is 11.4 Å². The summed E-state index contributed by atoms with van der Waals surface area (Å²) < 4.78 is 11.1. The third kappa shape index (κ3) is 3.42. The highest BCUT2D eigenvalue weighted by atomic mass is 31.2. The fourth-order valence-electron chi connectivity index (χ4n) is 1.55. The van der Waals surface area contributed by atoms with E-state index in [-0.39, 0.29) is 0 Å². The highest BCUT2D eigenvalue weighted by molar-refractivity contribution is 7.49. The van der Waals surface area contributed by atoms with E-state index in [0.717, 1.165) is 0 Å². The van der Waals surface area contributed by atoms with Crippen molar-refractivity contribution >= 4 is 19.1 Å². The molecule has 2 aromatic carbocycles. The Balaban J connectivity index is 2.39. The molecule has 2 rings (SSSR count). The molecule has 0 aliphatic carbocycles. The molecule has 0 radical (unpaired) electrons. The zero-order valence-electron chi connectivity index (χ0n) is 9.47. The smallest absolute Gasteiger partial charge is 0.311 e. The van der Waals surface area contributed by atoms with Gasteiger partial charge in [0.25, 0.3) is 0 Å². The molecule has 0 fully saturated rings. The van der Waals surface area contributed by atoms with Crippen LogP contribution in [0.5, 0.6) is 0 Å². The van der Waals surface area contributed by atoms with E-state index in [1.807, 2.05) is 12.1 Å². The summed E-state index contributed by atoms with van der Waals surface area (Å²) >= 11 is 0. The van der Waals surface area contributed by atoms with Crippen LogP contribution in [0.3, 0.4) is 0 Å². The fraction of sp³-hybridized carbons (Fsp3) is 0. The molecule has 0 saturated carbocycles. The van der Waals surface area contributed by atoms with Gasteiger partial charge >= 0.3 is 7.75 Å². The van der Waals surface area contributed by atoms with Crippen molar-refractivity contribution in [3.63, 3.8) is 0 Å². The first-order chi connectivity index (χ1) is 8.56. The lowest BCUT2D eigenvalue weighted by Crippen LogP contribution is -2.30. The van der Waals surface area contributed by atoms with Crippen LogP contribution in [0.4, 0.5) is 11.4 Å². The lowest BCUT2D eigenvalue weighted by atomic mass is 10.2. The van der Waals surface area contributed by atoms with Crippen molar-refractivity contribution in [2.24, 2.45) is 0 Å². The molecule has 0 amide bonds. The van der Waals surface area contributed by atoms with Gasteiger partial charge in [-0.15, -0.1) is 5.20 Å². The zero-order valence-corrected chi connectivity index (χ0v) is 10.4. The molecule has 3 N–H and O–H groups in total. The topological polar surface area (TPSA) is 72.8 Å². The average Bonchev–Trinajstić information content (AvgIpc) is 2.37. The number of rotatable bonds is 4. The van der Waals surface area contributed by atoms with E-state index in [2.05, 4.69) is 5.20 Å². The van der Waals surface area contributed by atoms with Gasteiger partial charge in [0.15, 0.2) is 0 Å². The van der Waals surface area contributed by atoms with Gasteiger partial charge in [-0.05, 0) is 24.3 Å². The molecule has 6 heteroatoms. The summed E-state index contributed by atoms with van der Waals surface area (Å²) in [7, 11) is -4.38. The molecule has 5 nitrogen and oxygen atoms in total. The van der Waals surface area contributed by atoms with Crippen molar-refractivity contribution in [3.05, 3.63) is 60.7 Å². The summed E-state index contributed by atoms with van der Waals surface area (Å²) in [6, 6.07) is 17.9. The minimum absolute atomic E-state index is 0.645. The quantitative estimate of drug-likeness (QED) is 0.584. The predicted octanol–water partition coefficient (Wildman–Crippen LogP) is 2.42. The van der Waals surface area contributed by atoms with Crippen LogP contribution in [-0.4, -0.2) is 9.79 Å². The van der Waals surface area contributed by atoms with Crippen LogP contribution < -0.4 is 10.2 Å². The Morgan fingerprint density at radius 3 is 1.56 bits per heavy atom. The first-order valence-electron chi connectivity index (χ1n) is 5.30. The minimum atomic E-state index is -4.38. The molecule has 0 bridgehead atoms. The summed E-state index contributed by atoms with van der Waals surface area (Å²) in [4.78, 5) is 18.1. The Morgan fingerprint density at radius 2 is 1.22 bits per heavy atom. The number of benzene rings is 2. The number of para-hydroxylation sites is 2. The molecular weight excluding hydrogens is 251 g/mol. The number of anilines is 2. The van der Waals surface area contributed by atoms with Crippen LogP contribution in [0.15, 0.2) is 60.7 Å². The van der Waals surface area contributed by atoms with Crippen LogP contribution in [0.1, 0.15) is 0 Å². The van der Waals surface area contributed by atoms with Crippen LogP contribution in [0.2, 0.25) is 0 Å². The maximum Gasteiger partial charge on any atom is 0.418 e. The molecule has 0 spiro atoms. The van der Waals surface area contributed by atoms with Gasteiger partial charge in [0.1, 0.15) is 0 Å². The molecule has 0 saturated heterocycles. The number of hydrogen-bond acceptors (Lipinski definition) is 2. The summed E-state index contributed by atoms with van der Waals surface area (Å²) in [6.07, 6.45) is 0. The molecule has 18 heavy (non-hydrogen) atoms. The SMILES string of the molecule is O=P(O)(O)NN(c1ccccc1)c1ccccc1. The minimum Gasteiger partial charge on any atom is -0.311 e. The summed E-state index contributed by atoms with van der Waals surface area (Å²) in [5.74, 6) is 0. The van der Waals surface area contributed by atoms with Gasteiger partial charge < -0.3 is 9.79 Å². The lowest BCUT2D eigenvalue weighted by molar-refractivity contribution is 0.358. The van der Waals surface area contributed by atoms with Crippen LogP contribution in [-0.2, 0) is 4.57 Å². The highest BCUT2D eigenvalue weighted by Crippen LogP contribution is 2.34. The second-order valence-electron chi connectivity index (χ2n) is 3.65. The van der Waals surface area contributed by atoms with Crippen LogP contribution >= 0.6 is 7.75 Å². The Hall–Kier alpha value is -1.65. The monoisotopic (exact) mass is 264 g/mol. The molecule has 0 aliphatic heterocycles. The van der Waals surface area contributed by atoms with Crippen LogP contribution in [0, 0.1) is 0 Å². The van der Waals surface area contributed by atoms with Crippen LogP contribution in [0.25, 0.3) is 0 Å². The van der Waals surface area contributed by atoms with Gasteiger partial charge in [-0.2, -0.15) is 0 Å². The molecule has 0 aliphatic rings. The number of nitrogens with zero attached hydrogens (tertiary/aromatic N) is 1. The zero-order chi connectivity index (χ0) is 13.0. The van der Waals surface area contributed by atoms with E-state index in [0.29, 0.717) is 11.4 Å². The average molecular weight is 264 g/mol. The Labute approximate surface area is 105 Å². The molecule has 94 valence electrons. The number of hydrogen-bond donors (Lipinski definition) is 3. The number of nitrogens with one attached hydrogen (secondary N) is 1. The van der Waals surface area contributed by atoms with E-state index in [4.69, 9.17) is 9.79 Å². The molecule has 0 atom stereocenters. The Morgan fingerprint density at radius 1 is 0.833 bits per heavy atom. The summed E-state index contributed by atoms with van der Waals surface area (Å²) in [6.45, 7) is 0. The van der Waals surface area contributed by atoms with Crippen molar-refractivity contribution in [3.8, 4) is 0 Å². The lowest BCUT2D eigenvalue weighted by Gasteiger charge is -2.25. The van der Waals surface area contributed by atoms with Gasteiger partial charge in [-0.3, -0.25) is 5.01 Å². The van der Waals surface area contributed by atoms with Gasteiger partial charge in [-0.1, -0.05) is 36.4 Å². The highest BCUT2D eigenvalue weighted by Gasteiger charge is 2.19. The Kier molecular flexibility index (Phi) is 3.79. The maximum absolute atomic E-state index is 11.1. The van der Waals surface area contributed by atoms with Gasteiger partial charge in [0, 0.05) is 0 Å². The van der Waals surface area contributed by atoms with Crippen molar-refractivity contribution in [2.45, 2.75) is 0 Å². The van der Waals surface area contributed by atoms with Gasteiger partial charge in [0.2, 0.25) is 0 Å². The van der Waals surface area contributed by atoms with Crippen molar-refractivity contribution in [2.75, 3.05) is 5.01 Å². The van der Waals surface area contributed by atoms with E-state index >= 15 is 0 Å². The second kappa shape index (κ2) is 5.33. The molecule has 0 aromatic heterocycles. The van der Waals surface area contributed by atoms with Crippen molar-refractivity contribution in [1.82, 2.24) is 5.20 Å². The third-order valence-electron chi connectivity index (χ3n) is 2.26. The maximum atomic E-state index is 11.1. The first-order valence-corrected chi connectivity index (χ1v) is 6.91. The van der Waals surface area contributed by atoms with E-state index < -0.39 is 7.75 Å². The fourth-order valence-corrected chi connectivity index (χ4v) is 2.04. The predicted molar refractivity (Wildman–Crippen MR) is 70.2 cm³/mol. The van der Waals surface area contributed by atoms with Crippen molar-refractivity contribution in [1.29, 1.82) is 0 Å². The molecule has 0 heterocycles. The molecule has 0 unspecified atom stereocenters. The molecular formula is C12H13N2O3P.